The Bertz CT molecular complexity index is 638. The van der Waals surface area contributed by atoms with E-state index in [0.29, 0.717) is 5.92 Å². The van der Waals surface area contributed by atoms with E-state index in [1.165, 1.54) is 16.7 Å². The van der Waals surface area contributed by atoms with E-state index in [0.717, 1.165) is 25.7 Å². The second kappa shape index (κ2) is 5.75. The Kier molecular flexibility index (Phi) is 4.18. The third kappa shape index (κ3) is 2.76. The van der Waals surface area contributed by atoms with Crippen molar-refractivity contribution in [2.45, 2.75) is 58.4 Å². The molecule has 1 nitrogen and oxygen atoms in total. The number of aliphatic hydroxyl groups excluding tert-OH is 1. The van der Waals surface area contributed by atoms with Crippen LogP contribution in [0.25, 0.3) is 5.57 Å². The zero-order valence-corrected chi connectivity index (χ0v) is 16.0. The summed E-state index contributed by atoms with van der Waals surface area (Å²) in [7, 11) is -1.45. The summed E-state index contributed by atoms with van der Waals surface area (Å²) in [6.07, 6.45) is 3.98. The highest BCUT2D eigenvalue weighted by Gasteiger charge is 2.51. The van der Waals surface area contributed by atoms with E-state index >= 15 is 0 Å². The molecule has 0 saturated heterocycles. The number of hydrogen-bond acceptors (Lipinski definition) is 1. The largest absolute Gasteiger partial charge is 0.393 e. The molecule has 0 aromatic heterocycles. The molecular formula is C21H30OSi. The summed E-state index contributed by atoms with van der Waals surface area (Å²) in [6.45, 7) is 14.2. The molecule has 0 heterocycles. The van der Waals surface area contributed by atoms with E-state index in [4.69, 9.17) is 0 Å². The van der Waals surface area contributed by atoms with E-state index in [1.54, 1.807) is 5.20 Å². The number of benzene rings is 1. The van der Waals surface area contributed by atoms with Crippen LogP contribution in [0.15, 0.2) is 47.7 Å². The highest BCUT2D eigenvalue weighted by atomic mass is 28.3. The van der Waals surface area contributed by atoms with Gasteiger partial charge in [-0.15, -0.1) is 0 Å². The van der Waals surface area contributed by atoms with Gasteiger partial charge in [-0.05, 0) is 53.7 Å². The topological polar surface area (TPSA) is 20.2 Å². The van der Waals surface area contributed by atoms with Gasteiger partial charge in [0, 0.05) is 0 Å². The number of fused-ring (bicyclic) bond motifs is 1. The SMILES string of the molecule is C=C1C(c2ccccc2)=C([Si](C)(C)C)C[C@@]2(CC)C[C@@H](O)C[C@H]12. The van der Waals surface area contributed by atoms with Gasteiger partial charge in [-0.3, -0.25) is 0 Å². The molecule has 0 aliphatic heterocycles. The van der Waals surface area contributed by atoms with Crippen LogP contribution in [0, 0.1) is 11.3 Å². The Morgan fingerprint density at radius 2 is 1.87 bits per heavy atom. The van der Waals surface area contributed by atoms with Crippen molar-refractivity contribution in [3.05, 3.63) is 53.2 Å². The first-order valence-electron chi connectivity index (χ1n) is 8.95. The quantitative estimate of drug-likeness (QED) is 0.733. The fourth-order valence-electron chi connectivity index (χ4n) is 4.85. The Hall–Kier alpha value is -1.12. The summed E-state index contributed by atoms with van der Waals surface area (Å²) in [5.74, 6) is 0.442. The maximum atomic E-state index is 10.4. The fraction of sp³-hybridized carbons (Fsp3) is 0.524. The molecule has 3 rings (SSSR count). The molecular weight excluding hydrogens is 296 g/mol. The van der Waals surface area contributed by atoms with Crippen molar-refractivity contribution in [1.29, 1.82) is 0 Å². The normalized spacial score (nSPS) is 31.4. The van der Waals surface area contributed by atoms with Crippen LogP contribution in [0.1, 0.15) is 38.2 Å². The van der Waals surface area contributed by atoms with Crippen molar-refractivity contribution in [2.75, 3.05) is 0 Å². The van der Waals surface area contributed by atoms with Gasteiger partial charge in [0.1, 0.15) is 0 Å². The van der Waals surface area contributed by atoms with Crippen LogP contribution in [-0.4, -0.2) is 19.3 Å². The van der Waals surface area contributed by atoms with E-state index in [2.05, 4.69) is 63.5 Å². The van der Waals surface area contributed by atoms with Gasteiger partial charge in [-0.25, -0.2) is 0 Å². The fourth-order valence-corrected chi connectivity index (χ4v) is 6.79. The van der Waals surface area contributed by atoms with Gasteiger partial charge >= 0.3 is 0 Å². The van der Waals surface area contributed by atoms with Gasteiger partial charge in [-0.2, -0.15) is 0 Å². The summed E-state index contributed by atoms with van der Waals surface area (Å²) >= 11 is 0. The van der Waals surface area contributed by atoms with Gasteiger partial charge in [0.05, 0.1) is 14.2 Å². The van der Waals surface area contributed by atoms with Gasteiger partial charge in [0.15, 0.2) is 0 Å². The monoisotopic (exact) mass is 326 g/mol. The Labute approximate surface area is 142 Å². The molecule has 1 saturated carbocycles. The Morgan fingerprint density at radius 1 is 1.22 bits per heavy atom. The van der Waals surface area contributed by atoms with Crippen molar-refractivity contribution in [3.8, 4) is 0 Å². The molecule has 1 fully saturated rings. The number of rotatable bonds is 3. The van der Waals surface area contributed by atoms with Crippen molar-refractivity contribution in [2.24, 2.45) is 11.3 Å². The van der Waals surface area contributed by atoms with Crippen LogP contribution in [0.4, 0.5) is 0 Å². The lowest BCUT2D eigenvalue weighted by molar-refractivity contribution is 0.153. The molecule has 23 heavy (non-hydrogen) atoms. The molecule has 3 atom stereocenters. The third-order valence-electron chi connectivity index (χ3n) is 6.13. The van der Waals surface area contributed by atoms with E-state index < -0.39 is 8.07 Å². The van der Waals surface area contributed by atoms with Crippen molar-refractivity contribution >= 4 is 13.6 Å². The summed E-state index contributed by atoms with van der Waals surface area (Å²) in [4.78, 5) is 0. The molecule has 0 spiro atoms. The van der Waals surface area contributed by atoms with Crippen molar-refractivity contribution in [3.63, 3.8) is 0 Å². The smallest absolute Gasteiger partial charge is 0.0732 e. The highest BCUT2D eigenvalue weighted by Crippen LogP contribution is 2.60. The molecule has 0 unspecified atom stereocenters. The minimum absolute atomic E-state index is 0.158. The third-order valence-corrected chi connectivity index (χ3v) is 8.37. The Balaban J connectivity index is 2.19. The van der Waals surface area contributed by atoms with Crippen LogP contribution >= 0.6 is 0 Å². The second-order valence-corrected chi connectivity index (χ2v) is 13.6. The van der Waals surface area contributed by atoms with Crippen LogP contribution in [-0.2, 0) is 0 Å². The zero-order valence-electron chi connectivity index (χ0n) is 15.0. The minimum atomic E-state index is -1.45. The first-order valence-corrected chi connectivity index (χ1v) is 12.4. The first-order chi connectivity index (χ1) is 10.8. The molecule has 2 aliphatic rings. The molecule has 2 aliphatic carbocycles. The van der Waals surface area contributed by atoms with Crippen molar-refractivity contribution in [1.82, 2.24) is 0 Å². The maximum absolute atomic E-state index is 10.4. The van der Waals surface area contributed by atoms with Crippen LogP contribution in [0.3, 0.4) is 0 Å². The zero-order chi connectivity index (χ0) is 16.8. The molecule has 0 amide bonds. The second-order valence-electron chi connectivity index (χ2n) is 8.53. The molecule has 0 bridgehead atoms. The van der Waals surface area contributed by atoms with Crippen LogP contribution in [0.5, 0.6) is 0 Å². The van der Waals surface area contributed by atoms with Gasteiger partial charge < -0.3 is 5.11 Å². The summed E-state index contributed by atoms with van der Waals surface area (Å²) < 4.78 is 0. The molecule has 0 radical (unpaired) electrons. The lowest BCUT2D eigenvalue weighted by Gasteiger charge is -2.45. The molecule has 1 N–H and O–H groups in total. The van der Waals surface area contributed by atoms with Crippen molar-refractivity contribution < 1.29 is 5.11 Å². The first kappa shape index (κ1) is 16.7. The standard InChI is InChI=1S/C21H30OSi/c1-6-21-13-17(22)12-18(21)15(2)20(16-10-8-7-9-11-16)19(14-21)23(3,4)5/h7-11,17-18,22H,2,6,12-14H2,1,3-5H3/t17-,18+,21+/m0/s1. The van der Waals surface area contributed by atoms with Gasteiger partial charge in [0.2, 0.25) is 0 Å². The highest BCUT2D eigenvalue weighted by molar-refractivity contribution is 6.84. The average Bonchev–Trinajstić information content (AvgIpc) is 2.84. The predicted molar refractivity (Wildman–Crippen MR) is 102 cm³/mol. The number of hydrogen-bond donors (Lipinski definition) is 1. The van der Waals surface area contributed by atoms with E-state index in [9.17, 15) is 5.11 Å². The van der Waals surface area contributed by atoms with Crippen LogP contribution < -0.4 is 0 Å². The number of allylic oxidation sites excluding steroid dienone is 3. The molecule has 124 valence electrons. The van der Waals surface area contributed by atoms with Crippen LogP contribution in [0.2, 0.25) is 19.6 Å². The lowest BCUT2D eigenvalue weighted by Crippen LogP contribution is -2.38. The Morgan fingerprint density at radius 3 is 2.43 bits per heavy atom. The minimum Gasteiger partial charge on any atom is -0.393 e. The summed E-state index contributed by atoms with van der Waals surface area (Å²) in [5, 5.41) is 12.0. The average molecular weight is 327 g/mol. The van der Waals surface area contributed by atoms with E-state index in [1.807, 2.05) is 0 Å². The number of aliphatic hydroxyl groups is 1. The molecule has 1 aromatic rings. The summed E-state index contributed by atoms with van der Waals surface area (Å²) in [6, 6.07) is 10.8. The van der Waals surface area contributed by atoms with Gasteiger partial charge in [0.25, 0.3) is 0 Å². The predicted octanol–water partition coefficient (Wildman–Crippen LogP) is 5.44. The van der Waals surface area contributed by atoms with E-state index in [-0.39, 0.29) is 11.5 Å². The maximum Gasteiger partial charge on any atom is 0.0732 e. The molecule has 2 heteroatoms. The molecule has 1 aromatic carbocycles. The van der Waals surface area contributed by atoms with Gasteiger partial charge in [-0.1, -0.05) is 68.7 Å². The summed E-state index contributed by atoms with van der Waals surface area (Å²) in [5.41, 5.74) is 4.27. The lowest BCUT2D eigenvalue weighted by atomic mass is 9.64.